The van der Waals surface area contributed by atoms with Gasteiger partial charge >= 0.3 is 0 Å². The summed E-state index contributed by atoms with van der Waals surface area (Å²) in [6.07, 6.45) is 5.35. The lowest BCUT2D eigenvalue weighted by Crippen LogP contribution is -2.34. The Morgan fingerprint density at radius 1 is 1.20 bits per heavy atom. The number of rotatable bonds is 2. The lowest BCUT2D eigenvalue weighted by molar-refractivity contribution is 0.343. The number of likely N-dealkylation sites (N-methyl/N-ethyl adjacent to an activating group) is 1. The van der Waals surface area contributed by atoms with Crippen LogP contribution in [0.25, 0.3) is 0 Å². The maximum atomic E-state index is 3.66. The van der Waals surface area contributed by atoms with E-state index in [1.165, 1.54) is 35.7 Å². The van der Waals surface area contributed by atoms with Crippen molar-refractivity contribution in [2.24, 2.45) is 0 Å². The summed E-state index contributed by atoms with van der Waals surface area (Å²) in [5.41, 5.74) is 1.47. The molecular formula is C13H18BrN. The Balaban J connectivity index is 2.24. The zero-order valence-corrected chi connectivity index (χ0v) is 10.8. The summed E-state index contributed by atoms with van der Waals surface area (Å²) in [5.74, 6) is 0.680. The van der Waals surface area contributed by atoms with Gasteiger partial charge in [-0.3, -0.25) is 0 Å². The highest BCUT2D eigenvalue weighted by atomic mass is 79.9. The first-order valence-electron chi connectivity index (χ1n) is 5.74. The van der Waals surface area contributed by atoms with Gasteiger partial charge in [-0.25, -0.2) is 0 Å². The van der Waals surface area contributed by atoms with Crippen molar-refractivity contribution in [3.63, 3.8) is 0 Å². The minimum absolute atomic E-state index is 0.650. The van der Waals surface area contributed by atoms with Crippen molar-refractivity contribution in [2.75, 3.05) is 7.05 Å². The van der Waals surface area contributed by atoms with E-state index in [4.69, 9.17) is 0 Å². The first-order valence-corrected chi connectivity index (χ1v) is 6.54. The third kappa shape index (κ3) is 2.43. The van der Waals surface area contributed by atoms with Crippen LogP contribution in [0.5, 0.6) is 0 Å². The van der Waals surface area contributed by atoms with Gasteiger partial charge in [0.05, 0.1) is 0 Å². The van der Waals surface area contributed by atoms with E-state index in [0.717, 1.165) is 0 Å². The van der Waals surface area contributed by atoms with Gasteiger partial charge in [-0.2, -0.15) is 0 Å². The zero-order valence-electron chi connectivity index (χ0n) is 9.17. The molecule has 2 atom stereocenters. The fourth-order valence-electron chi connectivity index (χ4n) is 2.62. The molecule has 1 aromatic rings. The van der Waals surface area contributed by atoms with Crippen molar-refractivity contribution < 1.29 is 0 Å². The van der Waals surface area contributed by atoms with Crippen LogP contribution >= 0.6 is 15.9 Å². The number of nitrogens with one attached hydrogen (secondary N) is 1. The minimum atomic E-state index is 0.650. The smallest absolute Gasteiger partial charge is 0.0210 e. The van der Waals surface area contributed by atoms with Crippen molar-refractivity contribution in [3.8, 4) is 0 Å². The second-order valence-electron chi connectivity index (χ2n) is 4.31. The lowest BCUT2D eigenvalue weighted by Gasteiger charge is -2.32. The highest BCUT2D eigenvalue weighted by Gasteiger charge is 2.26. The predicted molar refractivity (Wildman–Crippen MR) is 68.2 cm³/mol. The van der Waals surface area contributed by atoms with E-state index >= 15 is 0 Å². The fraction of sp³-hybridized carbons (Fsp3) is 0.538. The van der Waals surface area contributed by atoms with Gasteiger partial charge in [-0.05, 0) is 31.5 Å². The van der Waals surface area contributed by atoms with Crippen molar-refractivity contribution >= 4 is 15.9 Å². The van der Waals surface area contributed by atoms with Crippen LogP contribution in [-0.4, -0.2) is 13.1 Å². The molecule has 0 spiro atoms. The van der Waals surface area contributed by atoms with Gasteiger partial charge < -0.3 is 5.32 Å². The zero-order chi connectivity index (χ0) is 10.7. The van der Waals surface area contributed by atoms with Crippen LogP contribution in [0, 0.1) is 0 Å². The van der Waals surface area contributed by atoms with Crippen LogP contribution in [0.4, 0.5) is 0 Å². The standard InChI is InChI=1S/C13H18BrN/c1-15-13-9-5-3-7-11(13)10-6-2-4-8-12(10)14/h2,4,6,8,11,13,15H,3,5,7,9H2,1H3. The normalized spacial score (nSPS) is 26.5. The summed E-state index contributed by atoms with van der Waals surface area (Å²) in [4.78, 5) is 0. The highest BCUT2D eigenvalue weighted by Crippen LogP contribution is 2.36. The summed E-state index contributed by atoms with van der Waals surface area (Å²) in [5, 5.41) is 3.46. The molecule has 82 valence electrons. The van der Waals surface area contributed by atoms with E-state index in [-0.39, 0.29) is 0 Å². The Morgan fingerprint density at radius 2 is 1.93 bits per heavy atom. The maximum Gasteiger partial charge on any atom is 0.0210 e. The fourth-order valence-corrected chi connectivity index (χ4v) is 3.20. The molecule has 1 aliphatic carbocycles. The second kappa shape index (κ2) is 5.13. The summed E-state index contributed by atoms with van der Waals surface area (Å²) >= 11 is 3.66. The molecule has 2 unspecified atom stereocenters. The topological polar surface area (TPSA) is 12.0 Å². The van der Waals surface area contributed by atoms with E-state index in [1.807, 2.05) is 0 Å². The summed E-state index contributed by atoms with van der Waals surface area (Å²) in [6.45, 7) is 0. The van der Waals surface area contributed by atoms with Crippen molar-refractivity contribution in [2.45, 2.75) is 37.6 Å². The molecule has 2 rings (SSSR count). The highest BCUT2D eigenvalue weighted by molar-refractivity contribution is 9.10. The Bertz CT molecular complexity index is 324. The molecule has 0 amide bonds. The maximum absolute atomic E-state index is 3.66. The minimum Gasteiger partial charge on any atom is -0.316 e. The number of halogens is 1. The average molecular weight is 268 g/mol. The van der Waals surface area contributed by atoms with Gasteiger partial charge in [-0.1, -0.05) is 47.0 Å². The molecule has 1 aromatic carbocycles. The Morgan fingerprint density at radius 3 is 2.67 bits per heavy atom. The van der Waals surface area contributed by atoms with E-state index in [0.29, 0.717) is 12.0 Å². The molecule has 1 nitrogen and oxygen atoms in total. The van der Waals surface area contributed by atoms with E-state index in [9.17, 15) is 0 Å². The summed E-state index contributed by atoms with van der Waals surface area (Å²) in [7, 11) is 2.08. The first-order chi connectivity index (χ1) is 7.33. The Kier molecular flexibility index (Phi) is 3.81. The lowest BCUT2D eigenvalue weighted by atomic mass is 9.80. The van der Waals surface area contributed by atoms with Gasteiger partial charge in [-0.15, -0.1) is 0 Å². The van der Waals surface area contributed by atoms with Crippen molar-refractivity contribution in [1.29, 1.82) is 0 Å². The summed E-state index contributed by atoms with van der Waals surface area (Å²) < 4.78 is 1.26. The number of hydrogen-bond acceptors (Lipinski definition) is 1. The van der Waals surface area contributed by atoms with E-state index < -0.39 is 0 Å². The quantitative estimate of drug-likeness (QED) is 0.862. The Labute approximate surface area is 100 Å². The van der Waals surface area contributed by atoms with Gasteiger partial charge in [0.25, 0.3) is 0 Å². The molecular weight excluding hydrogens is 250 g/mol. The van der Waals surface area contributed by atoms with Gasteiger partial charge in [0.15, 0.2) is 0 Å². The third-order valence-corrected chi connectivity index (χ3v) is 4.16. The molecule has 0 aromatic heterocycles. The SMILES string of the molecule is CNC1CCCCC1c1ccccc1Br. The van der Waals surface area contributed by atoms with Crippen LogP contribution in [0.2, 0.25) is 0 Å². The van der Waals surface area contributed by atoms with Crippen LogP contribution in [0.15, 0.2) is 28.7 Å². The molecule has 0 radical (unpaired) electrons. The molecule has 15 heavy (non-hydrogen) atoms. The molecule has 0 heterocycles. The van der Waals surface area contributed by atoms with E-state index in [2.05, 4.69) is 52.6 Å². The monoisotopic (exact) mass is 267 g/mol. The van der Waals surface area contributed by atoms with Crippen LogP contribution in [0.1, 0.15) is 37.2 Å². The number of benzene rings is 1. The van der Waals surface area contributed by atoms with E-state index in [1.54, 1.807) is 0 Å². The van der Waals surface area contributed by atoms with Crippen LogP contribution in [0.3, 0.4) is 0 Å². The largest absolute Gasteiger partial charge is 0.316 e. The van der Waals surface area contributed by atoms with Crippen molar-refractivity contribution in [3.05, 3.63) is 34.3 Å². The van der Waals surface area contributed by atoms with Gasteiger partial charge in [0.1, 0.15) is 0 Å². The summed E-state index contributed by atoms with van der Waals surface area (Å²) in [6, 6.07) is 9.28. The molecule has 2 heteroatoms. The average Bonchev–Trinajstić information content (AvgIpc) is 2.30. The van der Waals surface area contributed by atoms with Crippen LogP contribution in [-0.2, 0) is 0 Å². The molecule has 0 bridgehead atoms. The van der Waals surface area contributed by atoms with Crippen molar-refractivity contribution in [1.82, 2.24) is 5.32 Å². The Hall–Kier alpha value is -0.340. The third-order valence-electron chi connectivity index (χ3n) is 3.44. The number of hydrogen-bond donors (Lipinski definition) is 1. The molecule has 0 aliphatic heterocycles. The molecule has 0 saturated heterocycles. The molecule has 1 fully saturated rings. The predicted octanol–water partition coefficient (Wildman–Crippen LogP) is 3.69. The second-order valence-corrected chi connectivity index (χ2v) is 5.16. The molecule has 1 saturated carbocycles. The molecule has 1 aliphatic rings. The van der Waals surface area contributed by atoms with Gasteiger partial charge in [0.2, 0.25) is 0 Å². The van der Waals surface area contributed by atoms with Gasteiger partial charge in [0, 0.05) is 16.4 Å². The first kappa shape index (κ1) is 11.2. The van der Waals surface area contributed by atoms with Crippen LogP contribution < -0.4 is 5.32 Å². The molecule has 1 N–H and O–H groups in total.